The number of imidazole rings is 1. The van der Waals surface area contributed by atoms with Crippen molar-refractivity contribution in [3.63, 3.8) is 0 Å². The molecule has 12 heteroatoms. The highest BCUT2D eigenvalue weighted by Crippen LogP contribution is 2.38. The second-order valence-electron chi connectivity index (χ2n) is 11.2. The first-order chi connectivity index (χ1) is 20.5. The topological polar surface area (TPSA) is 128 Å². The number of ether oxygens (including phenoxy) is 1. The van der Waals surface area contributed by atoms with Crippen molar-refractivity contribution in [2.75, 3.05) is 24.7 Å². The van der Waals surface area contributed by atoms with Gasteiger partial charge in [-0.05, 0) is 36.3 Å². The molecule has 216 valence electrons. The van der Waals surface area contributed by atoms with Crippen molar-refractivity contribution in [2.45, 2.75) is 45.2 Å². The van der Waals surface area contributed by atoms with Crippen LogP contribution < -0.4 is 10.7 Å². The summed E-state index contributed by atoms with van der Waals surface area (Å²) < 4.78 is 13.5. The van der Waals surface area contributed by atoms with Crippen LogP contribution in [0.5, 0.6) is 0 Å². The summed E-state index contributed by atoms with van der Waals surface area (Å²) >= 11 is 6.40. The lowest BCUT2D eigenvalue weighted by Crippen LogP contribution is -2.41. The van der Waals surface area contributed by atoms with E-state index < -0.39 is 5.76 Å². The predicted octanol–water partition coefficient (Wildman–Crippen LogP) is 5.29. The van der Waals surface area contributed by atoms with Crippen molar-refractivity contribution in [1.82, 2.24) is 34.7 Å². The molecule has 2 fully saturated rings. The van der Waals surface area contributed by atoms with Crippen LogP contribution >= 0.6 is 11.6 Å². The summed E-state index contributed by atoms with van der Waals surface area (Å²) in [5, 5.41) is 6.77. The average molecular weight is 587 g/mol. The van der Waals surface area contributed by atoms with Gasteiger partial charge in [0.1, 0.15) is 11.2 Å². The van der Waals surface area contributed by atoms with Gasteiger partial charge >= 0.3 is 5.76 Å². The zero-order valence-corrected chi connectivity index (χ0v) is 24.0. The van der Waals surface area contributed by atoms with Gasteiger partial charge < -0.3 is 18.6 Å². The van der Waals surface area contributed by atoms with Gasteiger partial charge in [-0.15, -0.1) is 5.10 Å². The van der Waals surface area contributed by atoms with Crippen LogP contribution in [0.1, 0.15) is 44.2 Å². The smallest absolute Gasteiger partial charge is 0.384 e. The van der Waals surface area contributed by atoms with Gasteiger partial charge in [0.25, 0.3) is 5.89 Å². The van der Waals surface area contributed by atoms with Crippen molar-refractivity contribution >= 4 is 28.7 Å². The van der Waals surface area contributed by atoms with E-state index in [2.05, 4.69) is 43.7 Å². The number of pyridine rings is 1. The fraction of sp³-hybridized carbons (Fsp3) is 0.400. The Hall–Kier alpha value is -4.09. The summed E-state index contributed by atoms with van der Waals surface area (Å²) in [5.41, 5.74) is 3.74. The van der Waals surface area contributed by atoms with Crippen molar-refractivity contribution in [2.24, 2.45) is 11.8 Å². The molecule has 1 aliphatic carbocycles. The Morgan fingerprint density at radius 3 is 2.67 bits per heavy atom. The summed E-state index contributed by atoms with van der Waals surface area (Å²) in [6, 6.07) is 12.2. The van der Waals surface area contributed by atoms with E-state index in [-0.39, 0.29) is 17.8 Å². The number of halogens is 1. The number of morpholine rings is 1. The maximum atomic E-state index is 11.8. The van der Waals surface area contributed by atoms with Crippen LogP contribution in [0.15, 0.2) is 58.0 Å². The van der Waals surface area contributed by atoms with Crippen LogP contribution in [0, 0.1) is 11.8 Å². The van der Waals surface area contributed by atoms with Gasteiger partial charge in [-0.2, -0.15) is 4.98 Å². The molecule has 5 aromatic rings. The molecular formula is C30H31ClN8O3. The standard InChI is InChI=1S/C30H31ClN8O3/c1-18-7-9-19(10-8-18)16-39-25-24(21-13-22(31)15-32-14-21)33-27(28-36-37-30(40)42-28)34-26(25)35-29(39)38-11-12-41-17-23(38)20-5-3-2-4-6-20/h2-6,13-15,18-19,23H,7-12,16-17H2,1H3,(H,37,40)/t18-,19-,23-/m0/s1. The van der Waals surface area contributed by atoms with Crippen LogP contribution in [-0.4, -0.2) is 54.5 Å². The molecule has 1 aromatic carbocycles. The second kappa shape index (κ2) is 11.3. The maximum Gasteiger partial charge on any atom is 0.434 e. The molecule has 1 aliphatic heterocycles. The van der Waals surface area contributed by atoms with Crippen LogP contribution in [0.25, 0.3) is 34.1 Å². The van der Waals surface area contributed by atoms with E-state index in [4.69, 9.17) is 35.7 Å². The zero-order valence-electron chi connectivity index (χ0n) is 23.2. The van der Waals surface area contributed by atoms with E-state index in [1.807, 2.05) is 24.3 Å². The van der Waals surface area contributed by atoms with E-state index in [1.54, 1.807) is 12.4 Å². The number of hydrogen-bond donors (Lipinski definition) is 1. The molecule has 7 rings (SSSR count). The second-order valence-corrected chi connectivity index (χ2v) is 11.7. The lowest BCUT2D eigenvalue weighted by atomic mass is 9.83. The molecule has 4 aromatic heterocycles. The molecular weight excluding hydrogens is 556 g/mol. The third-order valence-electron chi connectivity index (χ3n) is 8.34. The molecule has 11 nitrogen and oxygen atoms in total. The monoisotopic (exact) mass is 586 g/mol. The molecule has 1 atom stereocenters. The molecule has 2 aliphatic rings. The van der Waals surface area contributed by atoms with Gasteiger partial charge in [-0.25, -0.2) is 19.9 Å². The third-order valence-corrected chi connectivity index (χ3v) is 8.54. The molecule has 42 heavy (non-hydrogen) atoms. The number of fused-ring (bicyclic) bond motifs is 1. The number of aromatic amines is 1. The first-order valence-electron chi connectivity index (χ1n) is 14.4. The number of rotatable bonds is 6. The fourth-order valence-electron chi connectivity index (χ4n) is 6.14. The van der Waals surface area contributed by atoms with Gasteiger partial charge in [0, 0.05) is 31.0 Å². The number of nitrogens with one attached hydrogen (secondary N) is 1. The Morgan fingerprint density at radius 1 is 1.07 bits per heavy atom. The Balaban J connectivity index is 1.45. The van der Waals surface area contributed by atoms with E-state index in [9.17, 15) is 4.79 Å². The summed E-state index contributed by atoms with van der Waals surface area (Å²) in [7, 11) is 0. The Kier molecular flexibility index (Phi) is 7.20. The molecule has 0 unspecified atom stereocenters. The quantitative estimate of drug-likeness (QED) is 0.282. The van der Waals surface area contributed by atoms with Crippen LogP contribution in [0.2, 0.25) is 5.02 Å². The van der Waals surface area contributed by atoms with Crippen molar-refractivity contribution in [1.29, 1.82) is 0 Å². The van der Waals surface area contributed by atoms with Crippen LogP contribution in [0.4, 0.5) is 5.95 Å². The minimum absolute atomic E-state index is 0.0101. The number of anilines is 1. The van der Waals surface area contributed by atoms with Gasteiger partial charge in [0.15, 0.2) is 5.65 Å². The average Bonchev–Trinajstić information content (AvgIpc) is 3.62. The lowest BCUT2D eigenvalue weighted by molar-refractivity contribution is 0.0927. The van der Waals surface area contributed by atoms with E-state index in [0.717, 1.165) is 42.3 Å². The van der Waals surface area contributed by atoms with E-state index in [1.165, 1.54) is 12.8 Å². The molecule has 1 saturated carbocycles. The molecule has 0 bridgehead atoms. The highest BCUT2D eigenvalue weighted by Gasteiger charge is 2.32. The number of benzene rings is 1. The van der Waals surface area contributed by atoms with Crippen LogP contribution in [-0.2, 0) is 11.3 Å². The highest BCUT2D eigenvalue weighted by molar-refractivity contribution is 6.30. The molecule has 0 spiro atoms. The number of nitrogens with zero attached hydrogens (tertiary/aromatic N) is 7. The van der Waals surface area contributed by atoms with Gasteiger partial charge in [0.2, 0.25) is 11.8 Å². The Bertz CT molecular complexity index is 1760. The summed E-state index contributed by atoms with van der Waals surface area (Å²) in [5.74, 6) is 1.50. The summed E-state index contributed by atoms with van der Waals surface area (Å²) in [6.07, 6.45) is 8.02. The lowest BCUT2D eigenvalue weighted by Gasteiger charge is -2.37. The Morgan fingerprint density at radius 2 is 1.90 bits per heavy atom. The highest BCUT2D eigenvalue weighted by atomic mass is 35.5. The van der Waals surface area contributed by atoms with Crippen molar-refractivity contribution < 1.29 is 9.15 Å². The minimum atomic E-state index is -0.684. The molecule has 5 heterocycles. The predicted molar refractivity (Wildman–Crippen MR) is 158 cm³/mol. The molecule has 1 saturated heterocycles. The van der Waals surface area contributed by atoms with E-state index >= 15 is 0 Å². The van der Waals surface area contributed by atoms with Crippen molar-refractivity contribution in [3.8, 4) is 23.0 Å². The maximum absolute atomic E-state index is 11.8. The molecule has 0 radical (unpaired) electrons. The molecule has 1 N–H and O–H groups in total. The number of aromatic nitrogens is 7. The van der Waals surface area contributed by atoms with E-state index in [0.29, 0.717) is 47.6 Å². The molecule has 0 amide bonds. The zero-order chi connectivity index (χ0) is 28.6. The van der Waals surface area contributed by atoms with Gasteiger partial charge in [0.05, 0.1) is 24.3 Å². The normalized spacial score (nSPS) is 21.2. The van der Waals surface area contributed by atoms with Crippen molar-refractivity contribution in [3.05, 3.63) is 69.9 Å². The van der Waals surface area contributed by atoms with Crippen LogP contribution in [0.3, 0.4) is 0 Å². The number of H-pyrrole nitrogens is 1. The first kappa shape index (κ1) is 26.8. The SMILES string of the molecule is C[C@H]1CC[C@H](Cn2c(N3CCOC[C@H]3c3ccccc3)nc3nc(-c4n[nH]c(=O)o4)nc(-c4cncc(Cl)c4)c32)CC1. The fourth-order valence-corrected chi connectivity index (χ4v) is 6.32. The van der Waals surface area contributed by atoms with Gasteiger partial charge in [-0.1, -0.05) is 61.7 Å². The Labute approximate surface area is 246 Å². The minimum Gasteiger partial charge on any atom is -0.384 e. The first-order valence-corrected chi connectivity index (χ1v) is 14.8. The van der Waals surface area contributed by atoms with Gasteiger partial charge in [-0.3, -0.25) is 4.98 Å². The summed E-state index contributed by atoms with van der Waals surface area (Å²) in [6.45, 7) is 4.92. The largest absolute Gasteiger partial charge is 0.434 e. The summed E-state index contributed by atoms with van der Waals surface area (Å²) in [4.78, 5) is 33.3. The third kappa shape index (κ3) is 5.18. The number of hydrogen-bond acceptors (Lipinski definition) is 9.